The van der Waals surface area contributed by atoms with Crippen molar-refractivity contribution in [2.45, 2.75) is 29.9 Å². The van der Waals surface area contributed by atoms with Crippen molar-refractivity contribution >= 4 is 33.3 Å². The summed E-state index contributed by atoms with van der Waals surface area (Å²) < 4.78 is 32.6. The summed E-state index contributed by atoms with van der Waals surface area (Å²) in [6.07, 6.45) is 0.0338. The Morgan fingerprint density at radius 1 is 0.897 bits per heavy atom. The number of rotatable bonds is 8. The number of hydrogen-bond donors (Lipinski definition) is 3. The van der Waals surface area contributed by atoms with Crippen molar-refractivity contribution in [1.82, 2.24) is 0 Å². The van der Waals surface area contributed by atoms with E-state index in [1.165, 1.54) is 18.2 Å². The van der Waals surface area contributed by atoms with Crippen LogP contribution >= 0.6 is 11.6 Å². The number of β-lactam (4-membered cyclic amide) rings is 1. The number of anilines is 1. The Labute approximate surface area is 231 Å². The molecule has 9 heteroatoms. The molecule has 1 aliphatic heterocycles. The summed E-state index contributed by atoms with van der Waals surface area (Å²) in [4.78, 5) is 14.7. The van der Waals surface area contributed by atoms with E-state index >= 15 is 0 Å². The first kappa shape index (κ1) is 26.9. The molecule has 1 aliphatic rings. The Bertz CT molecular complexity index is 1610. The fourth-order valence-electron chi connectivity index (χ4n) is 5.08. The highest BCUT2D eigenvalue weighted by molar-refractivity contribution is 7.85. The SMILES string of the molecule is O=C1[C@H](CC[C@H](O)c2ccc(Cl)cc2)[C@@H](c2ccc(-c3cccc(S(=O)(=O)O)c3)c(O)c2)N1c1ccccc1. The van der Waals surface area contributed by atoms with Crippen LogP contribution in [0, 0.1) is 5.92 Å². The summed E-state index contributed by atoms with van der Waals surface area (Å²) in [5.41, 5.74) is 2.96. The minimum absolute atomic E-state index is 0.0704. The van der Waals surface area contributed by atoms with Gasteiger partial charge in [-0.2, -0.15) is 8.42 Å². The van der Waals surface area contributed by atoms with Crippen molar-refractivity contribution in [1.29, 1.82) is 0 Å². The first-order chi connectivity index (χ1) is 18.6. The topological polar surface area (TPSA) is 115 Å². The molecule has 1 heterocycles. The average molecular weight is 564 g/mol. The normalized spacial score (nSPS) is 18.0. The fourth-order valence-corrected chi connectivity index (χ4v) is 5.73. The molecule has 0 bridgehead atoms. The van der Waals surface area contributed by atoms with E-state index in [1.54, 1.807) is 53.4 Å². The third-order valence-corrected chi connectivity index (χ3v) is 8.16. The van der Waals surface area contributed by atoms with Crippen molar-refractivity contribution in [2.24, 2.45) is 5.92 Å². The van der Waals surface area contributed by atoms with Crippen LogP contribution in [0.1, 0.15) is 36.1 Å². The van der Waals surface area contributed by atoms with Crippen molar-refractivity contribution in [3.05, 3.63) is 113 Å². The van der Waals surface area contributed by atoms with Gasteiger partial charge in [-0.25, -0.2) is 0 Å². The van der Waals surface area contributed by atoms with Gasteiger partial charge in [-0.05, 0) is 72.0 Å². The molecular weight excluding hydrogens is 538 g/mol. The molecule has 1 saturated heterocycles. The fraction of sp³-hybridized carbons (Fsp3) is 0.167. The largest absolute Gasteiger partial charge is 0.507 e. The second-order valence-corrected chi connectivity index (χ2v) is 11.4. The zero-order valence-electron chi connectivity index (χ0n) is 20.7. The molecule has 0 unspecified atom stereocenters. The molecule has 39 heavy (non-hydrogen) atoms. The Morgan fingerprint density at radius 3 is 2.28 bits per heavy atom. The van der Waals surface area contributed by atoms with Gasteiger partial charge in [0.2, 0.25) is 5.91 Å². The predicted molar refractivity (Wildman–Crippen MR) is 149 cm³/mol. The molecule has 4 aromatic carbocycles. The molecule has 5 rings (SSSR count). The number of amides is 1. The van der Waals surface area contributed by atoms with Crippen LogP contribution in [0.4, 0.5) is 5.69 Å². The molecular formula is C30H26ClNO6S. The molecule has 3 N–H and O–H groups in total. The van der Waals surface area contributed by atoms with Gasteiger partial charge in [0.25, 0.3) is 10.1 Å². The van der Waals surface area contributed by atoms with Gasteiger partial charge in [0.15, 0.2) is 0 Å². The first-order valence-corrected chi connectivity index (χ1v) is 14.2. The Hall–Kier alpha value is -3.69. The smallest absolute Gasteiger partial charge is 0.294 e. The van der Waals surface area contributed by atoms with Gasteiger partial charge in [0.05, 0.1) is 23.0 Å². The molecule has 3 atom stereocenters. The number of hydrogen-bond acceptors (Lipinski definition) is 5. The maximum atomic E-state index is 13.3. The third kappa shape index (κ3) is 5.55. The van der Waals surface area contributed by atoms with Gasteiger partial charge in [-0.15, -0.1) is 0 Å². The average Bonchev–Trinajstić information content (AvgIpc) is 2.92. The molecule has 1 fully saturated rings. The Kier molecular flexibility index (Phi) is 7.46. The van der Waals surface area contributed by atoms with Gasteiger partial charge in [0, 0.05) is 16.3 Å². The number of aromatic hydroxyl groups is 1. The zero-order chi connectivity index (χ0) is 27.7. The molecule has 1 amide bonds. The van der Waals surface area contributed by atoms with E-state index in [9.17, 15) is 28.0 Å². The van der Waals surface area contributed by atoms with Crippen LogP contribution in [0.3, 0.4) is 0 Å². The van der Waals surface area contributed by atoms with Crippen molar-refractivity contribution < 1.29 is 28.0 Å². The highest BCUT2D eigenvalue weighted by Crippen LogP contribution is 2.47. The molecule has 0 radical (unpaired) electrons. The van der Waals surface area contributed by atoms with E-state index in [4.69, 9.17) is 11.6 Å². The van der Waals surface area contributed by atoms with Gasteiger partial charge in [-0.3, -0.25) is 9.35 Å². The standard InChI is InChI=1S/C30H26ClNO6S/c31-22-12-9-19(10-13-22)27(33)16-15-26-29(32(30(26)35)23-6-2-1-3-7-23)21-11-14-25(28(34)18-21)20-5-4-8-24(17-20)39(36,37)38/h1-14,17-18,26-27,29,33-34H,15-16H2,(H,36,37,38)/t26-,27+,29-/m1/s1. The number of nitrogens with zero attached hydrogens (tertiary/aromatic N) is 1. The van der Waals surface area contributed by atoms with Gasteiger partial charge < -0.3 is 15.1 Å². The molecule has 7 nitrogen and oxygen atoms in total. The number of aliphatic hydroxyl groups is 1. The van der Waals surface area contributed by atoms with Crippen LogP contribution in [0.15, 0.2) is 102 Å². The second kappa shape index (κ2) is 10.8. The minimum Gasteiger partial charge on any atom is -0.507 e. The lowest BCUT2D eigenvalue weighted by molar-refractivity contribution is -0.131. The van der Waals surface area contributed by atoms with Crippen molar-refractivity contribution in [2.75, 3.05) is 4.90 Å². The van der Waals surface area contributed by atoms with Crippen LogP contribution in [0.5, 0.6) is 5.75 Å². The molecule has 0 aliphatic carbocycles. The minimum atomic E-state index is -4.40. The number of halogens is 1. The number of carbonyl (C=O) groups is 1. The summed E-state index contributed by atoms with van der Waals surface area (Å²) in [7, 11) is -4.40. The number of carbonyl (C=O) groups excluding carboxylic acids is 1. The van der Waals surface area contributed by atoms with Gasteiger partial charge in [-0.1, -0.05) is 66.2 Å². The number of phenolic OH excluding ortho intramolecular Hbond substituents is 1. The van der Waals surface area contributed by atoms with Crippen molar-refractivity contribution in [3.8, 4) is 16.9 Å². The van der Waals surface area contributed by atoms with Crippen LogP contribution in [-0.4, -0.2) is 29.1 Å². The van der Waals surface area contributed by atoms with E-state index < -0.39 is 22.1 Å². The van der Waals surface area contributed by atoms with Crippen molar-refractivity contribution in [3.63, 3.8) is 0 Å². The highest BCUT2D eigenvalue weighted by Gasteiger charge is 2.48. The van der Waals surface area contributed by atoms with E-state index in [0.717, 1.165) is 11.3 Å². The lowest BCUT2D eigenvalue weighted by atomic mass is 9.78. The van der Waals surface area contributed by atoms with E-state index in [-0.39, 0.29) is 22.6 Å². The summed E-state index contributed by atoms with van der Waals surface area (Å²) in [6.45, 7) is 0. The number of para-hydroxylation sites is 1. The molecule has 0 aromatic heterocycles. The van der Waals surface area contributed by atoms with E-state index in [2.05, 4.69) is 0 Å². The van der Waals surface area contributed by atoms with Gasteiger partial charge in [0.1, 0.15) is 5.75 Å². The van der Waals surface area contributed by atoms with Gasteiger partial charge >= 0.3 is 0 Å². The Morgan fingerprint density at radius 2 is 1.62 bits per heavy atom. The van der Waals surface area contributed by atoms with Crippen LogP contribution in [0.25, 0.3) is 11.1 Å². The summed E-state index contributed by atoms with van der Waals surface area (Å²) >= 11 is 5.96. The Balaban J connectivity index is 1.44. The predicted octanol–water partition coefficient (Wildman–Crippen LogP) is 6.18. The molecule has 4 aromatic rings. The number of benzene rings is 4. The molecule has 0 spiro atoms. The maximum Gasteiger partial charge on any atom is 0.294 e. The summed E-state index contributed by atoms with van der Waals surface area (Å²) in [5.74, 6) is -0.577. The zero-order valence-corrected chi connectivity index (χ0v) is 22.3. The third-order valence-electron chi connectivity index (χ3n) is 7.06. The highest BCUT2D eigenvalue weighted by atomic mass is 35.5. The maximum absolute atomic E-state index is 13.3. The molecule has 0 saturated carbocycles. The number of aliphatic hydroxyl groups excluding tert-OH is 1. The molecule has 200 valence electrons. The lowest BCUT2D eigenvalue weighted by Gasteiger charge is -2.48. The van der Waals surface area contributed by atoms with Crippen LogP contribution in [0.2, 0.25) is 5.02 Å². The van der Waals surface area contributed by atoms with Crippen LogP contribution in [-0.2, 0) is 14.9 Å². The van der Waals surface area contributed by atoms with E-state index in [0.29, 0.717) is 34.6 Å². The van der Waals surface area contributed by atoms with Crippen LogP contribution < -0.4 is 4.90 Å². The number of phenols is 1. The summed E-state index contributed by atoms with van der Waals surface area (Å²) in [5, 5.41) is 22.2. The second-order valence-electron chi connectivity index (χ2n) is 9.52. The summed E-state index contributed by atoms with van der Waals surface area (Å²) in [6, 6.07) is 26.5. The lowest BCUT2D eigenvalue weighted by Crippen LogP contribution is -2.55. The quantitative estimate of drug-likeness (QED) is 0.174. The monoisotopic (exact) mass is 563 g/mol. The van der Waals surface area contributed by atoms with E-state index in [1.807, 2.05) is 30.3 Å². The first-order valence-electron chi connectivity index (χ1n) is 12.4.